The molecular weight excluding hydrogens is 296 g/mol. The number of carbonyl (C=O) groups excluding carboxylic acids is 1. The van der Waals surface area contributed by atoms with Crippen LogP contribution in [0.25, 0.3) is 0 Å². The van der Waals surface area contributed by atoms with Gasteiger partial charge in [0.25, 0.3) is 0 Å². The predicted molar refractivity (Wildman–Crippen MR) is 86.7 cm³/mol. The molecule has 1 N–H and O–H groups in total. The first-order chi connectivity index (χ1) is 10.6. The Bertz CT molecular complexity index is 556. The average molecular weight is 324 g/mol. The average Bonchev–Trinajstić information content (AvgIpc) is 2.76. The fourth-order valence-electron chi connectivity index (χ4n) is 3.24. The van der Waals surface area contributed by atoms with Gasteiger partial charge in [-0.2, -0.15) is 0 Å². The van der Waals surface area contributed by atoms with E-state index in [1.165, 1.54) is 0 Å². The number of methoxy groups -OCH3 is 1. The van der Waals surface area contributed by atoms with Crippen molar-refractivity contribution in [2.24, 2.45) is 5.41 Å². The normalized spacial score (nSPS) is 29.9. The smallest absolute Gasteiger partial charge is 0.244 e. The van der Waals surface area contributed by atoms with E-state index in [9.17, 15) is 9.90 Å². The summed E-state index contributed by atoms with van der Waals surface area (Å²) in [7, 11) is 1.59. The second-order valence-electron chi connectivity index (χ2n) is 7.50. The van der Waals surface area contributed by atoms with Gasteiger partial charge in [-0.1, -0.05) is 19.9 Å². The highest BCUT2D eigenvalue weighted by atomic mass is 16.6. The van der Waals surface area contributed by atoms with Crippen molar-refractivity contribution in [1.29, 1.82) is 0 Å². The molecule has 0 heterocycles. The summed E-state index contributed by atoms with van der Waals surface area (Å²) in [5, 5.41) is 11.1. The van der Waals surface area contributed by atoms with Crippen molar-refractivity contribution in [1.82, 2.24) is 0 Å². The van der Waals surface area contributed by atoms with E-state index in [4.69, 9.17) is 14.2 Å². The van der Waals surface area contributed by atoms with Crippen molar-refractivity contribution in [3.63, 3.8) is 0 Å². The van der Waals surface area contributed by atoms with Gasteiger partial charge in [0.05, 0.1) is 18.3 Å². The molecule has 0 saturated carbocycles. The van der Waals surface area contributed by atoms with Gasteiger partial charge in [-0.05, 0) is 39.5 Å². The van der Waals surface area contributed by atoms with Crippen molar-refractivity contribution < 1.29 is 24.1 Å². The van der Waals surface area contributed by atoms with Crippen LogP contribution in [-0.2, 0) is 19.0 Å². The summed E-state index contributed by atoms with van der Waals surface area (Å²) < 4.78 is 16.9. The molecule has 5 heteroatoms. The van der Waals surface area contributed by atoms with Crippen LogP contribution in [0.15, 0.2) is 23.2 Å². The molecule has 0 aromatic carbocycles. The topological polar surface area (TPSA) is 65.0 Å². The molecule has 0 amide bonds. The minimum Gasteiger partial charge on any atom is -0.487 e. The number of ether oxygens (including phenoxy) is 3. The lowest BCUT2D eigenvalue weighted by atomic mass is 9.72. The number of Topliss-reactive ketones (excluding diaryl/α,β-unsaturated/α-hetero) is 1. The van der Waals surface area contributed by atoms with Crippen molar-refractivity contribution in [3.8, 4) is 0 Å². The molecule has 0 aromatic rings. The number of rotatable bonds is 6. The molecule has 2 atom stereocenters. The second kappa shape index (κ2) is 5.95. The Morgan fingerprint density at radius 3 is 2.22 bits per heavy atom. The van der Waals surface area contributed by atoms with Gasteiger partial charge in [-0.3, -0.25) is 4.79 Å². The predicted octanol–water partition coefficient (Wildman–Crippen LogP) is 2.73. The highest BCUT2D eigenvalue weighted by Gasteiger charge is 2.63. The molecule has 23 heavy (non-hydrogen) atoms. The van der Waals surface area contributed by atoms with E-state index in [1.807, 2.05) is 33.8 Å². The molecule has 0 aromatic heterocycles. The molecule has 0 bridgehead atoms. The van der Waals surface area contributed by atoms with Crippen LogP contribution in [0, 0.1) is 5.41 Å². The third-order valence-corrected chi connectivity index (χ3v) is 4.27. The number of hydrogen-bond acceptors (Lipinski definition) is 5. The number of carbonyl (C=O) groups is 1. The van der Waals surface area contributed by atoms with Crippen LogP contribution in [0.4, 0.5) is 0 Å². The third-order valence-electron chi connectivity index (χ3n) is 4.27. The first-order valence-electron chi connectivity index (χ1n) is 8.14. The first-order valence-corrected chi connectivity index (χ1v) is 8.14. The van der Waals surface area contributed by atoms with Gasteiger partial charge >= 0.3 is 0 Å². The zero-order valence-electron chi connectivity index (χ0n) is 15.1. The van der Waals surface area contributed by atoms with E-state index in [2.05, 4.69) is 13.8 Å². The van der Waals surface area contributed by atoms with E-state index in [0.29, 0.717) is 5.57 Å². The molecule has 2 rings (SSSR count). The summed E-state index contributed by atoms with van der Waals surface area (Å²) in [6.45, 7) is 11.5. The Labute approximate surface area is 138 Å². The summed E-state index contributed by atoms with van der Waals surface area (Å²) in [4.78, 5) is 12.7. The lowest BCUT2D eigenvalue weighted by molar-refractivity contribution is -0.147. The van der Waals surface area contributed by atoms with E-state index in [-0.39, 0.29) is 35.2 Å². The van der Waals surface area contributed by atoms with Gasteiger partial charge in [0.2, 0.25) is 17.1 Å². The van der Waals surface area contributed by atoms with Crippen LogP contribution >= 0.6 is 0 Å². The van der Waals surface area contributed by atoms with Gasteiger partial charge in [0, 0.05) is 12.7 Å². The molecule has 5 nitrogen and oxygen atoms in total. The fraction of sp³-hybridized carbons (Fsp3) is 0.722. The quantitative estimate of drug-likeness (QED) is 0.761. The summed E-state index contributed by atoms with van der Waals surface area (Å²) >= 11 is 0. The number of hydrogen-bond donors (Lipinski definition) is 1. The Kier molecular flexibility index (Phi) is 4.66. The maximum Gasteiger partial charge on any atom is 0.244 e. The minimum atomic E-state index is -1.77. The van der Waals surface area contributed by atoms with Crippen LogP contribution in [0.2, 0.25) is 0 Å². The van der Waals surface area contributed by atoms with E-state index in [0.717, 1.165) is 6.42 Å². The third kappa shape index (κ3) is 2.81. The second-order valence-corrected chi connectivity index (χ2v) is 7.50. The van der Waals surface area contributed by atoms with E-state index < -0.39 is 11.4 Å². The van der Waals surface area contributed by atoms with Crippen molar-refractivity contribution in [3.05, 3.63) is 23.2 Å². The Morgan fingerprint density at radius 2 is 1.74 bits per heavy atom. The van der Waals surface area contributed by atoms with E-state index >= 15 is 0 Å². The standard InChI is InChI=1S/C18H28O5/c1-10(2)22-13-14(19)18(20,16(13)23-11(3)4)12-8-9-17(5,6)15(12)21-7/h8,10-11,15,20H,9H2,1-7H3/t15-,18+/m0/s1. The summed E-state index contributed by atoms with van der Waals surface area (Å²) in [6.07, 6.45) is 1.93. The maximum absolute atomic E-state index is 12.7. The molecule has 0 saturated heterocycles. The van der Waals surface area contributed by atoms with Crippen LogP contribution < -0.4 is 0 Å². The van der Waals surface area contributed by atoms with Crippen molar-refractivity contribution >= 4 is 5.78 Å². The van der Waals surface area contributed by atoms with Gasteiger partial charge in [0.15, 0.2) is 5.76 Å². The number of aliphatic hydroxyl groups is 1. The fourth-order valence-corrected chi connectivity index (χ4v) is 3.24. The van der Waals surface area contributed by atoms with Gasteiger partial charge in [-0.25, -0.2) is 0 Å². The van der Waals surface area contributed by atoms with Crippen LogP contribution in [0.3, 0.4) is 0 Å². The van der Waals surface area contributed by atoms with Gasteiger partial charge in [-0.15, -0.1) is 0 Å². The molecule has 0 unspecified atom stereocenters. The molecular formula is C18H28O5. The highest BCUT2D eigenvalue weighted by Crippen LogP contribution is 2.51. The van der Waals surface area contributed by atoms with Crippen LogP contribution in [0.5, 0.6) is 0 Å². The molecule has 0 radical (unpaired) electrons. The molecule has 0 spiro atoms. The summed E-state index contributed by atoms with van der Waals surface area (Å²) in [6, 6.07) is 0. The first kappa shape index (κ1) is 18.0. The Hall–Kier alpha value is -1.33. The number of allylic oxidation sites excluding steroid dienone is 1. The minimum absolute atomic E-state index is 0.122. The zero-order chi connectivity index (χ0) is 17.6. The summed E-state index contributed by atoms with van der Waals surface area (Å²) in [5.74, 6) is -0.123. The number of ketones is 1. The largest absolute Gasteiger partial charge is 0.487 e. The van der Waals surface area contributed by atoms with Crippen molar-refractivity contribution in [2.75, 3.05) is 7.11 Å². The Balaban J connectivity index is 2.44. The molecule has 2 aliphatic carbocycles. The van der Waals surface area contributed by atoms with E-state index in [1.54, 1.807) is 7.11 Å². The van der Waals surface area contributed by atoms with Gasteiger partial charge < -0.3 is 19.3 Å². The molecule has 0 aliphatic heterocycles. The molecule has 0 fully saturated rings. The maximum atomic E-state index is 12.7. The zero-order valence-corrected chi connectivity index (χ0v) is 15.1. The van der Waals surface area contributed by atoms with Crippen molar-refractivity contribution in [2.45, 2.75) is 71.9 Å². The molecule has 2 aliphatic rings. The van der Waals surface area contributed by atoms with Crippen LogP contribution in [0.1, 0.15) is 48.0 Å². The monoisotopic (exact) mass is 324 g/mol. The molecule has 130 valence electrons. The summed E-state index contributed by atoms with van der Waals surface area (Å²) in [5.41, 5.74) is -1.40. The Morgan fingerprint density at radius 1 is 1.17 bits per heavy atom. The lowest BCUT2D eigenvalue weighted by Crippen LogP contribution is -2.57. The lowest BCUT2D eigenvalue weighted by Gasteiger charge is -2.43. The SMILES string of the molecule is CO[C@H]1C([C@@]2(O)C(=O)C(OC(C)C)=C2OC(C)C)=CCC1(C)C. The van der Waals surface area contributed by atoms with Gasteiger partial charge in [0.1, 0.15) is 0 Å². The highest BCUT2D eigenvalue weighted by molar-refractivity contribution is 6.12. The van der Waals surface area contributed by atoms with Crippen LogP contribution in [-0.4, -0.2) is 41.9 Å².